The van der Waals surface area contributed by atoms with E-state index in [0.29, 0.717) is 40.0 Å². The third-order valence-corrected chi connectivity index (χ3v) is 6.09. The lowest BCUT2D eigenvalue weighted by molar-refractivity contribution is -0.147. The minimum atomic E-state index is -0.888. The first kappa shape index (κ1) is 19.2. The second-order valence-electron chi connectivity index (χ2n) is 6.85. The molecule has 3 rings (SSSR count). The number of ether oxygens (including phenoxy) is 2. The lowest BCUT2D eigenvalue weighted by Crippen LogP contribution is -2.34. The fourth-order valence-electron chi connectivity index (χ4n) is 3.14. The molecule has 0 bridgehead atoms. The maximum atomic E-state index is 12.9. The smallest absolute Gasteiger partial charge is 0.311 e. The fraction of sp³-hybridized carbons (Fsp3) is 0.421. The van der Waals surface area contributed by atoms with E-state index in [1.807, 2.05) is 12.1 Å². The first-order valence-corrected chi connectivity index (χ1v) is 9.33. The number of thiazole rings is 1. The van der Waals surface area contributed by atoms with Gasteiger partial charge in [0.05, 0.1) is 25.3 Å². The molecule has 1 aromatic heterocycles. The van der Waals surface area contributed by atoms with Gasteiger partial charge in [-0.15, -0.1) is 11.3 Å². The summed E-state index contributed by atoms with van der Waals surface area (Å²) in [5, 5.41) is 10.1. The molecule has 0 spiro atoms. The summed E-state index contributed by atoms with van der Waals surface area (Å²) >= 11 is 1.30. The third kappa shape index (κ3) is 3.49. The second-order valence-corrected chi connectivity index (χ2v) is 7.84. The number of aryl methyl sites for hydroxylation is 1. The van der Waals surface area contributed by atoms with E-state index in [2.05, 4.69) is 4.98 Å². The van der Waals surface area contributed by atoms with Crippen LogP contribution >= 0.6 is 11.3 Å². The van der Waals surface area contributed by atoms with E-state index in [1.54, 1.807) is 39.0 Å². The highest BCUT2D eigenvalue weighted by atomic mass is 32.1. The number of nitrogens with zero attached hydrogens (tertiary/aromatic N) is 2. The van der Waals surface area contributed by atoms with Crippen molar-refractivity contribution < 1.29 is 24.2 Å². The molecule has 2 heterocycles. The largest absolute Gasteiger partial charge is 0.493 e. The molecule has 1 fully saturated rings. The minimum Gasteiger partial charge on any atom is -0.493 e. The normalized spacial score (nSPS) is 19.2. The van der Waals surface area contributed by atoms with Crippen LogP contribution in [0.3, 0.4) is 0 Å². The van der Waals surface area contributed by atoms with Crippen molar-refractivity contribution in [3.05, 3.63) is 28.8 Å². The summed E-state index contributed by atoms with van der Waals surface area (Å²) < 4.78 is 10.6. The maximum absolute atomic E-state index is 12.9. The van der Waals surface area contributed by atoms with Crippen LogP contribution in [-0.2, 0) is 4.79 Å². The van der Waals surface area contributed by atoms with Gasteiger partial charge in [0.25, 0.3) is 5.91 Å². The monoisotopic (exact) mass is 390 g/mol. The summed E-state index contributed by atoms with van der Waals surface area (Å²) in [6.07, 6.45) is 0.453. The first-order valence-electron chi connectivity index (χ1n) is 8.51. The average Bonchev–Trinajstić information content (AvgIpc) is 3.25. The number of hydrogen-bond acceptors (Lipinski definition) is 6. The van der Waals surface area contributed by atoms with Crippen LogP contribution in [0.25, 0.3) is 10.6 Å². The van der Waals surface area contributed by atoms with Crippen molar-refractivity contribution >= 4 is 23.2 Å². The van der Waals surface area contributed by atoms with E-state index in [9.17, 15) is 14.7 Å². The molecule has 8 heteroatoms. The standard InChI is InChI=1S/C19H22N2O5S/c1-11-15(17(22)21-8-7-19(2,10-21)18(23)24)27-16(20-11)12-5-6-13(25-3)14(9-12)26-4/h5-6,9H,7-8,10H2,1-4H3,(H,23,24). The summed E-state index contributed by atoms with van der Waals surface area (Å²) in [6.45, 7) is 4.12. The Morgan fingerprint density at radius 2 is 1.96 bits per heavy atom. The zero-order valence-corrected chi connectivity index (χ0v) is 16.6. The zero-order valence-electron chi connectivity index (χ0n) is 15.7. The van der Waals surface area contributed by atoms with Gasteiger partial charge in [-0.1, -0.05) is 0 Å². The zero-order chi connectivity index (χ0) is 19.8. The molecule has 1 aromatic carbocycles. The number of carbonyl (C=O) groups is 2. The van der Waals surface area contributed by atoms with Crippen molar-refractivity contribution in [3.8, 4) is 22.1 Å². The number of rotatable bonds is 5. The van der Waals surface area contributed by atoms with E-state index >= 15 is 0 Å². The lowest BCUT2D eigenvalue weighted by atomic mass is 9.90. The molecule has 1 unspecified atom stereocenters. The molecule has 1 atom stereocenters. The predicted octanol–water partition coefficient (Wildman–Crippen LogP) is 3.07. The summed E-state index contributed by atoms with van der Waals surface area (Å²) in [5.41, 5.74) is 0.579. The van der Waals surface area contributed by atoms with Gasteiger partial charge < -0.3 is 19.5 Å². The van der Waals surface area contributed by atoms with Crippen LogP contribution in [0.5, 0.6) is 11.5 Å². The maximum Gasteiger partial charge on any atom is 0.311 e. The Morgan fingerprint density at radius 3 is 2.56 bits per heavy atom. The van der Waals surface area contributed by atoms with Crippen molar-refractivity contribution in [2.45, 2.75) is 20.3 Å². The SMILES string of the molecule is COc1ccc(-c2nc(C)c(C(=O)N3CCC(C)(C(=O)O)C3)s2)cc1OC. The van der Waals surface area contributed by atoms with Crippen LogP contribution < -0.4 is 9.47 Å². The quantitative estimate of drug-likeness (QED) is 0.844. The third-order valence-electron chi connectivity index (χ3n) is 4.90. The number of likely N-dealkylation sites (tertiary alicyclic amines) is 1. The molecule has 1 saturated heterocycles. The van der Waals surface area contributed by atoms with Gasteiger partial charge in [-0.25, -0.2) is 4.98 Å². The Balaban J connectivity index is 1.87. The summed E-state index contributed by atoms with van der Waals surface area (Å²) in [7, 11) is 3.14. The number of methoxy groups -OCH3 is 2. The van der Waals surface area contributed by atoms with Gasteiger partial charge in [-0.2, -0.15) is 0 Å². The number of hydrogen-bond donors (Lipinski definition) is 1. The van der Waals surface area contributed by atoms with Crippen LogP contribution in [0.2, 0.25) is 0 Å². The minimum absolute atomic E-state index is 0.165. The molecule has 144 valence electrons. The van der Waals surface area contributed by atoms with Crippen LogP contribution in [0, 0.1) is 12.3 Å². The van der Waals surface area contributed by atoms with Crippen LogP contribution in [-0.4, -0.2) is 54.2 Å². The summed E-state index contributed by atoms with van der Waals surface area (Å²) in [5.74, 6) is 0.176. The van der Waals surface area contributed by atoms with E-state index in [1.165, 1.54) is 11.3 Å². The highest BCUT2D eigenvalue weighted by molar-refractivity contribution is 7.17. The number of amides is 1. The number of carboxylic acids is 1. The van der Waals surface area contributed by atoms with Gasteiger partial charge in [-0.3, -0.25) is 9.59 Å². The van der Waals surface area contributed by atoms with Crippen molar-refractivity contribution in [1.29, 1.82) is 0 Å². The van der Waals surface area contributed by atoms with Crippen LogP contribution in [0.15, 0.2) is 18.2 Å². The summed E-state index contributed by atoms with van der Waals surface area (Å²) in [6, 6.07) is 5.49. The van der Waals surface area contributed by atoms with Crippen LogP contribution in [0.4, 0.5) is 0 Å². The Kier molecular flexibility index (Phi) is 5.10. The van der Waals surface area contributed by atoms with Crippen molar-refractivity contribution in [2.75, 3.05) is 27.3 Å². The van der Waals surface area contributed by atoms with Crippen molar-refractivity contribution in [1.82, 2.24) is 9.88 Å². The fourth-order valence-corrected chi connectivity index (χ4v) is 4.17. The molecule has 0 aliphatic carbocycles. The topological polar surface area (TPSA) is 89.0 Å². The van der Waals surface area contributed by atoms with Crippen molar-refractivity contribution in [3.63, 3.8) is 0 Å². The molecule has 1 N–H and O–H groups in total. The molecular formula is C19H22N2O5S. The Hall–Kier alpha value is -2.61. The van der Waals surface area contributed by atoms with E-state index < -0.39 is 11.4 Å². The molecular weight excluding hydrogens is 368 g/mol. The Bertz CT molecular complexity index is 894. The molecule has 2 aromatic rings. The molecule has 0 saturated carbocycles. The molecule has 1 aliphatic heterocycles. The van der Waals surface area contributed by atoms with Gasteiger partial charge in [0.1, 0.15) is 9.88 Å². The average molecular weight is 390 g/mol. The highest BCUT2D eigenvalue weighted by Gasteiger charge is 2.42. The summed E-state index contributed by atoms with van der Waals surface area (Å²) in [4.78, 5) is 31.0. The Morgan fingerprint density at radius 1 is 1.26 bits per heavy atom. The molecule has 0 radical (unpaired) electrons. The highest BCUT2D eigenvalue weighted by Crippen LogP contribution is 2.37. The van der Waals surface area contributed by atoms with Gasteiger partial charge in [0, 0.05) is 18.7 Å². The number of carboxylic acid groups (broad SMARTS) is 1. The molecule has 1 amide bonds. The van der Waals surface area contributed by atoms with E-state index in [0.717, 1.165) is 5.56 Å². The predicted molar refractivity (Wildman–Crippen MR) is 102 cm³/mol. The van der Waals surface area contributed by atoms with Gasteiger partial charge in [0.15, 0.2) is 11.5 Å². The number of benzene rings is 1. The molecule has 7 nitrogen and oxygen atoms in total. The number of aromatic nitrogens is 1. The number of carbonyl (C=O) groups excluding carboxylic acids is 1. The van der Waals surface area contributed by atoms with E-state index in [-0.39, 0.29) is 12.5 Å². The molecule has 1 aliphatic rings. The van der Waals surface area contributed by atoms with Crippen molar-refractivity contribution in [2.24, 2.45) is 5.41 Å². The van der Waals surface area contributed by atoms with Gasteiger partial charge in [-0.05, 0) is 38.5 Å². The van der Waals surface area contributed by atoms with Crippen LogP contribution in [0.1, 0.15) is 28.7 Å². The lowest BCUT2D eigenvalue weighted by Gasteiger charge is -2.19. The van der Waals surface area contributed by atoms with Gasteiger partial charge >= 0.3 is 5.97 Å². The Labute approximate surface area is 161 Å². The van der Waals surface area contributed by atoms with E-state index in [4.69, 9.17) is 9.47 Å². The first-order chi connectivity index (χ1) is 12.8. The molecule has 27 heavy (non-hydrogen) atoms. The number of aliphatic carboxylic acids is 1. The second kappa shape index (κ2) is 7.19. The van der Waals surface area contributed by atoms with Gasteiger partial charge in [0.2, 0.25) is 0 Å².